The fraction of sp³-hybridized carbons (Fsp3) is 0.421. The van der Waals surface area contributed by atoms with Crippen LogP contribution < -0.4 is 0 Å². The fourth-order valence-corrected chi connectivity index (χ4v) is 3.09. The lowest BCUT2D eigenvalue weighted by atomic mass is 9.97. The standard InChI is InChI=1S/C19H21N3O7/c1-11(23)27-16-10-26-17(19(29-13(3)25)18(16)28-12(2)24)15-9-20-22(21-15)14-7-5-4-6-8-14/h4-9,16-19H,10H2,1-3H3/t16-,17-,18+,19-/m1/s1. The Kier molecular flexibility index (Phi) is 6.23. The summed E-state index contributed by atoms with van der Waals surface area (Å²) >= 11 is 0. The Balaban J connectivity index is 1.92. The maximum absolute atomic E-state index is 11.7. The highest BCUT2D eigenvalue weighted by atomic mass is 16.6. The van der Waals surface area contributed by atoms with Crippen molar-refractivity contribution in [3.63, 3.8) is 0 Å². The van der Waals surface area contributed by atoms with Gasteiger partial charge in [0, 0.05) is 20.8 Å². The van der Waals surface area contributed by atoms with Crippen molar-refractivity contribution in [3.05, 3.63) is 42.2 Å². The van der Waals surface area contributed by atoms with Gasteiger partial charge in [-0.2, -0.15) is 15.0 Å². The summed E-state index contributed by atoms with van der Waals surface area (Å²) in [6.07, 6.45) is -2.45. The van der Waals surface area contributed by atoms with Crippen molar-refractivity contribution < 1.29 is 33.3 Å². The zero-order chi connectivity index (χ0) is 21.0. The lowest BCUT2D eigenvalue weighted by Crippen LogP contribution is -2.54. The summed E-state index contributed by atoms with van der Waals surface area (Å²) in [5, 5.41) is 8.62. The second-order valence-electron chi connectivity index (χ2n) is 6.44. The van der Waals surface area contributed by atoms with Gasteiger partial charge in [-0.1, -0.05) is 18.2 Å². The van der Waals surface area contributed by atoms with E-state index in [1.807, 2.05) is 30.3 Å². The van der Waals surface area contributed by atoms with Gasteiger partial charge >= 0.3 is 17.9 Å². The van der Waals surface area contributed by atoms with Crippen LogP contribution in [0.3, 0.4) is 0 Å². The number of carbonyl (C=O) groups is 3. The van der Waals surface area contributed by atoms with E-state index in [2.05, 4.69) is 10.2 Å². The molecule has 29 heavy (non-hydrogen) atoms. The summed E-state index contributed by atoms with van der Waals surface area (Å²) in [5.74, 6) is -1.80. The number of para-hydroxylation sites is 1. The third kappa shape index (κ3) is 4.96. The van der Waals surface area contributed by atoms with Crippen LogP contribution in [0.1, 0.15) is 32.6 Å². The van der Waals surface area contributed by atoms with Gasteiger partial charge in [-0.05, 0) is 12.1 Å². The van der Waals surface area contributed by atoms with Crippen LogP contribution in [0, 0.1) is 0 Å². The minimum Gasteiger partial charge on any atom is -0.456 e. The van der Waals surface area contributed by atoms with E-state index in [4.69, 9.17) is 18.9 Å². The molecule has 0 aliphatic carbocycles. The maximum atomic E-state index is 11.7. The summed E-state index contributed by atoms with van der Waals surface area (Å²) < 4.78 is 21.7. The van der Waals surface area contributed by atoms with E-state index in [9.17, 15) is 14.4 Å². The van der Waals surface area contributed by atoms with E-state index in [-0.39, 0.29) is 6.61 Å². The number of hydrogen-bond acceptors (Lipinski definition) is 9. The van der Waals surface area contributed by atoms with Gasteiger partial charge in [0.1, 0.15) is 11.8 Å². The summed E-state index contributed by atoms with van der Waals surface area (Å²) in [6.45, 7) is 3.59. The Labute approximate surface area is 166 Å². The van der Waals surface area contributed by atoms with Gasteiger partial charge in [-0.25, -0.2) is 0 Å². The molecule has 1 aliphatic rings. The second-order valence-corrected chi connectivity index (χ2v) is 6.44. The van der Waals surface area contributed by atoms with Gasteiger partial charge in [-0.3, -0.25) is 14.4 Å². The maximum Gasteiger partial charge on any atom is 0.303 e. The topological polar surface area (TPSA) is 119 Å². The number of nitrogens with zero attached hydrogens (tertiary/aromatic N) is 3. The summed E-state index contributed by atoms with van der Waals surface area (Å²) in [5.41, 5.74) is 1.10. The second kappa shape index (κ2) is 8.82. The van der Waals surface area contributed by atoms with Gasteiger partial charge in [0.2, 0.25) is 0 Å². The Bertz CT molecular complexity index is 883. The lowest BCUT2D eigenvalue weighted by molar-refractivity contribution is -0.227. The summed E-state index contributed by atoms with van der Waals surface area (Å²) in [6, 6.07) is 9.21. The first-order valence-corrected chi connectivity index (χ1v) is 8.96. The molecule has 1 saturated heterocycles. The molecule has 154 valence electrons. The monoisotopic (exact) mass is 403 g/mol. The zero-order valence-corrected chi connectivity index (χ0v) is 16.2. The van der Waals surface area contributed by atoms with Crippen LogP contribution in [0.15, 0.2) is 36.5 Å². The molecular weight excluding hydrogens is 382 g/mol. The lowest BCUT2D eigenvalue weighted by Gasteiger charge is -2.39. The van der Waals surface area contributed by atoms with E-state index < -0.39 is 42.3 Å². The third-order valence-electron chi connectivity index (χ3n) is 4.14. The molecule has 4 atom stereocenters. The van der Waals surface area contributed by atoms with Crippen molar-refractivity contribution >= 4 is 17.9 Å². The molecule has 0 radical (unpaired) electrons. The van der Waals surface area contributed by atoms with E-state index in [0.717, 1.165) is 5.69 Å². The Hall–Kier alpha value is -3.27. The van der Waals surface area contributed by atoms with Crippen molar-refractivity contribution in [1.82, 2.24) is 15.0 Å². The minimum atomic E-state index is -1.07. The minimum absolute atomic E-state index is 0.0713. The number of benzene rings is 1. The van der Waals surface area contributed by atoms with E-state index >= 15 is 0 Å². The van der Waals surface area contributed by atoms with Crippen molar-refractivity contribution in [2.45, 2.75) is 45.2 Å². The van der Waals surface area contributed by atoms with Crippen LogP contribution in [0.25, 0.3) is 5.69 Å². The van der Waals surface area contributed by atoms with Gasteiger partial charge in [0.25, 0.3) is 0 Å². The number of rotatable bonds is 5. The molecular formula is C19H21N3O7. The summed E-state index contributed by atoms with van der Waals surface area (Å²) in [4.78, 5) is 36.2. The Morgan fingerprint density at radius 1 is 0.966 bits per heavy atom. The van der Waals surface area contributed by atoms with Crippen LogP contribution >= 0.6 is 0 Å². The van der Waals surface area contributed by atoms with Crippen LogP contribution in [-0.2, 0) is 33.3 Å². The number of hydrogen-bond donors (Lipinski definition) is 0. The zero-order valence-electron chi connectivity index (χ0n) is 16.2. The van der Waals surface area contributed by atoms with Crippen LogP contribution in [0.5, 0.6) is 0 Å². The molecule has 1 aromatic heterocycles. The first-order valence-electron chi connectivity index (χ1n) is 8.96. The molecule has 3 rings (SSSR count). The predicted molar refractivity (Wildman–Crippen MR) is 96.7 cm³/mol. The van der Waals surface area contributed by atoms with Gasteiger partial charge < -0.3 is 18.9 Å². The molecule has 10 heteroatoms. The molecule has 0 saturated carbocycles. The molecule has 1 aromatic carbocycles. The SMILES string of the molecule is CC(=O)O[C@@H]1[C@H](OC(C)=O)[C@@H](c2cnn(-c3ccccc3)n2)OC[C@H]1OC(C)=O. The third-order valence-corrected chi connectivity index (χ3v) is 4.14. The highest BCUT2D eigenvalue weighted by molar-refractivity contribution is 5.68. The molecule has 1 aliphatic heterocycles. The number of aromatic nitrogens is 3. The molecule has 0 N–H and O–H groups in total. The van der Waals surface area contributed by atoms with Gasteiger partial charge in [0.05, 0.1) is 18.5 Å². The molecule has 0 amide bonds. The average Bonchev–Trinajstić information content (AvgIpc) is 3.14. The summed E-state index contributed by atoms with van der Waals surface area (Å²) in [7, 11) is 0. The molecule has 0 unspecified atom stereocenters. The molecule has 0 bridgehead atoms. The Morgan fingerprint density at radius 3 is 2.21 bits per heavy atom. The van der Waals surface area contributed by atoms with E-state index in [1.54, 1.807) is 0 Å². The van der Waals surface area contributed by atoms with Gasteiger partial charge in [-0.15, -0.1) is 0 Å². The van der Waals surface area contributed by atoms with E-state index in [1.165, 1.54) is 31.8 Å². The molecule has 2 aromatic rings. The molecule has 10 nitrogen and oxygen atoms in total. The fourth-order valence-electron chi connectivity index (χ4n) is 3.09. The number of carbonyl (C=O) groups excluding carboxylic acids is 3. The van der Waals surface area contributed by atoms with Crippen LogP contribution in [-0.4, -0.2) is 57.8 Å². The average molecular weight is 403 g/mol. The highest BCUT2D eigenvalue weighted by Crippen LogP contribution is 2.33. The quantitative estimate of drug-likeness (QED) is 0.534. The molecule has 1 fully saturated rings. The molecule has 0 spiro atoms. The van der Waals surface area contributed by atoms with Crippen molar-refractivity contribution in [2.24, 2.45) is 0 Å². The largest absolute Gasteiger partial charge is 0.456 e. The van der Waals surface area contributed by atoms with Gasteiger partial charge in [0.15, 0.2) is 18.3 Å². The Morgan fingerprint density at radius 2 is 1.59 bits per heavy atom. The first kappa shape index (κ1) is 20.5. The van der Waals surface area contributed by atoms with Crippen molar-refractivity contribution in [3.8, 4) is 5.69 Å². The molecule has 2 heterocycles. The highest BCUT2D eigenvalue weighted by Gasteiger charge is 2.48. The van der Waals surface area contributed by atoms with Crippen LogP contribution in [0.4, 0.5) is 0 Å². The normalized spacial score (nSPS) is 23.8. The van der Waals surface area contributed by atoms with Crippen LogP contribution in [0.2, 0.25) is 0 Å². The van der Waals surface area contributed by atoms with E-state index in [0.29, 0.717) is 5.69 Å². The first-order chi connectivity index (χ1) is 13.8. The number of ether oxygens (including phenoxy) is 4. The predicted octanol–water partition coefficient (Wildman–Crippen LogP) is 1.13. The number of esters is 3. The van der Waals surface area contributed by atoms with Crippen molar-refractivity contribution in [1.29, 1.82) is 0 Å². The van der Waals surface area contributed by atoms with Crippen molar-refractivity contribution in [2.75, 3.05) is 6.61 Å². The smallest absolute Gasteiger partial charge is 0.303 e.